The van der Waals surface area contributed by atoms with E-state index in [-0.39, 0.29) is 5.60 Å². The van der Waals surface area contributed by atoms with Gasteiger partial charge in [-0.3, -0.25) is 0 Å². The predicted molar refractivity (Wildman–Crippen MR) is 51.0 cm³/mol. The number of allylic oxidation sites excluding steroid dienone is 1. The minimum absolute atomic E-state index is 0.147. The third kappa shape index (κ3) is 2.32. The summed E-state index contributed by atoms with van der Waals surface area (Å²) < 4.78 is 5.78. The highest BCUT2D eigenvalue weighted by molar-refractivity contribution is 4.91. The van der Waals surface area contributed by atoms with E-state index in [1.807, 2.05) is 13.0 Å². The number of rotatable bonds is 5. The standard InChI is InChI=1S/C10H19NO/c1-2-3-9-12-10(7-8-11)5-4-6-10/h2-3H,4-9,11H2,1H3/b3-2+. The average molecular weight is 169 g/mol. The molecule has 1 saturated carbocycles. The van der Waals surface area contributed by atoms with Crippen LogP contribution in [0.15, 0.2) is 12.2 Å². The first kappa shape index (κ1) is 9.75. The normalized spacial score (nSPS) is 21.2. The summed E-state index contributed by atoms with van der Waals surface area (Å²) in [5.41, 5.74) is 5.68. The van der Waals surface area contributed by atoms with Crippen molar-refractivity contribution in [2.75, 3.05) is 13.2 Å². The molecule has 0 atom stereocenters. The zero-order chi connectivity index (χ0) is 8.86. The first-order chi connectivity index (χ1) is 5.83. The predicted octanol–water partition coefficient (Wildman–Crippen LogP) is 1.85. The number of nitrogens with two attached hydrogens (primary N) is 1. The van der Waals surface area contributed by atoms with E-state index in [4.69, 9.17) is 10.5 Å². The summed E-state index contributed by atoms with van der Waals surface area (Å²) in [5, 5.41) is 0. The second kappa shape index (κ2) is 4.63. The van der Waals surface area contributed by atoms with Crippen LogP contribution in [0.4, 0.5) is 0 Å². The van der Waals surface area contributed by atoms with Gasteiger partial charge >= 0.3 is 0 Å². The van der Waals surface area contributed by atoms with E-state index >= 15 is 0 Å². The van der Waals surface area contributed by atoms with Crippen molar-refractivity contribution >= 4 is 0 Å². The van der Waals surface area contributed by atoms with Gasteiger partial charge in [-0.05, 0) is 39.2 Å². The second-order valence-electron chi connectivity index (χ2n) is 3.46. The van der Waals surface area contributed by atoms with Crippen LogP contribution in [0.1, 0.15) is 32.6 Å². The first-order valence-corrected chi connectivity index (χ1v) is 4.78. The Morgan fingerprint density at radius 1 is 1.50 bits per heavy atom. The molecular weight excluding hydrogens is 150 g/mol. The molecule has 0 bridgehead atoms. The molecule has 12 heavy (non-hydrogen) atoms. The van der Waals surface area contributed by atoms with Crippen LogP contribution in [0, 0.1) is 0 Å². The third-order valence-electron chi connectivity index (χ3n) is 2.59. The fourth-order valence-corrected chi connectivity index (χ4v) is 1.62. The molecule has 0 saturated heterocycles. The maximum absolute atomic E-state index is 5.78. The summed E-state index contributed by atoms with van der Waals surface area (Å²) in [4.78, 5) is 0. The number of hydrogen-bond acceptors (Lipinski definition) is 2. The monoisotopic (exact) mass is 169 g/mol. The van der Waals surface area contributed by atoms with Gasteiger partial charge < -0.3 is 10.5 Å². The van der Waals surface area contributed by atoms with E-state index in [0.29, 0.717) is 0 Å². The molecule has 2 N–H and O–H groups in total. The van der Waals surface area contributed by atoms with Crippen molar-refractivity contribution in [1.29, 1.82) is 0 Å². The highest BCUT2D eigenvalue weighted by Crippen LogP contribution is 2.38. The lowest BCUT2D eigenvalue weighted by Crippen LogP contribution is -2.42. The van der Waals surface area contributed by atoms with Crippen molar-refractivity contribution in [2.24, 2.45) is 5.73 Å². The van der Waals surface area contributed by atoms with E-state index in [2.05, 4.69) is 6.08 Å². The van der Waals surface area contributed by atoms with Crippen molar-refractivity contribution in [2.45, 2.75) is 38.2 Å². The van der Waals surface area contributed by atoms with Crippen LogP contribution in [-0.4, -0.2) is 18.8 Å². The molecule has 0 unspecified atom stereocenters. The molecule has 70 valence electrons. The quantitative estimate of drug-likeness (QED) is 0.637. The Kier molecular flexibility index (Phi) is 3.76. The van der Waals surface area contributed by atoms with Crippen LogP contribution in [0.5, 0.6) is 0 Å². The molecule has 2 heteroatoms. The van der Waals surface area contributed by atoms with Crippen LogP contribution in [-0.2, 0) is 4.74 Å². The highest BCUT2D eigenvalue weighted by atomic mass is 16.5. The van der Waals surface area contributed by atoms with E-state index < -0.39 is 0 Å². The largest absolute Gasteiger partial charge is 0.371 e. The molecular formula is C10H19NO. The summed E-state index contributed by atoms with van der Waals surface area (Å²) in [7, 11) is 0. The molecule has 0 amide bonds. The number of hydrogen-bond donors (Lipinski definition) is 1. The van der Waals surface area contributed by atoms with Crippen molar-refractivity contribution < 1.29 is 4.74 Å². The van der Waals surface area contributed by atoms with Gasteiger partial charge in [-0.25, -0.2) is 0 Å². The van der Waals surface area contributed by atoms with E-state index in [0.717, 1.165) is 19.6 Å². The summed E-state index contributed by atoms with van der Waals surface area (Å²) in [6.07, 6.45) is 8.79. The van der Waals surface area contributed by atoms with Crippen LogP contribution < -0.4 is 5.73 Å². The number of ether oxygens (including phenoxy) is 1. The van der Waals surface area contributed by atoms with Gasteiger partial charge in [0.2, 0.25) is 0 Å². The summed E-state index contributed by atoms with van der Waals surface area (Å²) in [5.74, 6) is 0. The van der Waals surface area contributed by atoms with Gasteiger partial charge in [-0.15, -0.1) is 0 Å². The smallest absolute Gasteiger partial charge is 0.0698 e. The Bertz CT molecular complexity index is 150. The first-order valence-electron chi connectivity index (χ1n) is 4.78. The maximum atomic E-state index is 5.78. The molecule has 0 aliphatic heterocycles. The molecule has 1 rings (SSSR count). The molecule has 2 nitrogen and oxygen atoms in total. The molecule has 0 heterocycles. The summed E-state index contributed by atoms with van der Waals surface area (Å²) in [6.45, 7) is 3.51. The van der Waals surface area contributed by atoms with Gasteiger partial charge in [0.15, 0.2) is 0 Å². The van der Waals surface area contributed by atoms with Crippen LogP contribution in [0.3, 0.4) is 0 Å². The van der Waals surface area contributed by atoms with Gasteiger partial charge in [0, 0.05) is 0 Å². The molecule has 1 aliphatic carbocycles. The Balaban J connectivity index is 2.24. The second-order valence-corrected chi connectivity index (χ2v) is 3.46. The van der Waals surface area contributed by atoms with Crippen molar-refractivity contribution in [3.05, 3.63) is 12.2 Å². The Morgan fingerprint density at radius 3 is 2.67 bits per heavy atom. The van der Waals surface area contributed by atoms with Crippen molar-refractivity contribution in [1.82, 2.24) is 0 Å². The minimum Gasteiger partial charge on any atom is -0.371 e. The zero-order valence-corrected chi connectivity index (χ0v) is 7.88. The molecule has 0 aromatic carbocycles. The fourth-order valence-electron chi connectivity index (χ4n) is 1.62. The SMILES string of the molecule is C/C=C/COC1(CCN)CCC1. The average Bonchev–Trinajstić information content (AvgIpc) is 2.00. The lowest BCUT2D eigenvalue weighted by molar-refractivity contribution is -0.0918. The van der Waals surface area contributed by atoms with Crippen molar-refractivity contribution in [3.8, 4) is 0 Å². The topological polar surface area (TPSA) is 35.2 Å². The maximum Gasteiger partial charge on any atom is 0.0698 e. The summed E-state index contributed by atoms with van der Waals surface area (Å²) in [6, 6.07) is 0. The van der Waals surface area contributed by atoms with Crippen LogP contribution in [0.2, 0.25) is 0 Å². The van der Waals surface area contributed by atoms with Gasteiger partial charge in [-0.1, -0.05) is 12.2 Å². The summed E-state index contributed by atoms with van der Waals surface area (Å²) >= 11 is 0. The van der Waals surface area contributed by atoms with Crippen molar-refractivity contribution in [3.63, 3.8) is 0 Å². The molecule has 0 aromatic heterocycles. The van der Waals surface area contributed by atoms with E-state index in [1.165, 1.54) is 19.3 Å². The van der Waals surface area contributed by atoms with Crippen LogP contribution in [0.25, 0.3) is 0 Å². The van der Waals surface area contributed by atoms with Gasteiger partial charge in [0.25, 0.3) is 0 Å². The Hall–Kier alpha value is -0.340. The molecule has 0 radical (unpaired) electrons. The van der Waals surface area contributed by atoms with Crippen LogP contribution >= 0.6 is 0 Å². The van der Waals surface area contributed by atoms with E-state index in [1.54, 1.807) is 0 Å². The molecule has 0 spiro atoms. The molecule has 1 aliphatic rings. The highest BCUT2D eigenvalue weighted by Gasteiger charge is 2.36. The zero-order valence-electron chi connectivity index (χ0n) is 7.88. The van der Waals surface area contributed by atoms with Gasteiger partial charge in [0.1, 0.15) is 0 Å². The Labute approximate surface area is 74.8 Å². The minimum atomic E-state index is 0.147. The van der Waals surface area contributed by atoms with Gasteiger partial charge in [0.05, 0.1) is 12.2 Å². The lowest BCUT2D eigenvalue weighted by Gasteiger charge is -2.41. The Morgan fingerprint density at radius 2 is 2.25 bits per heavy atom. The van der Waals surface area contributed by atoms with Gasteiger partial charge in [-0.2, -0.15) is 0 Å². The third-order valence-corrected chi connectivity index (χ3v) is 2.59. The molecule has 0 aromatic rings. The lowest BCUT2D eigenvalue weighted by atomic mass is 9.77. The fraction of sp³-hybridized carbons (Fsp3) is 0.800. The van der Waals surface area contributed by atoms with E-state index in [9.17, 15) is 0 Å². The molecule has 1 fully saturated rings.